The van der Waals surface area contributed by atoms with Crippen molar-refractivity contribution in [3.8, 4) is 0 Å². The number of hydrogen-bond acceptors (Lipinski definition) is 4. The highest BCUT2D eigenvalue weighted by Crippen LogP contribution is 2.00. The van der Waals surface area contributed by atoms with Crippen LogP contribution in [0.4, 0.5) is 0 Å². The van der Waals surface area contributed by atoms with Gasteiger partial charge in [0.15, 0.2) is 6.29 Å². The average Bonchev–Trinajstić information content (AvgIpc) is 1.85. The van der Waals surface area contributed by atoms with Crippen molar-refractivity contribution in [2.75, 3.05) is 0 Å². The summed E-state index contributed by atoms with van der Waals surface area (Å²) >= 11 is 0. The third-order valence-electron chi connectivity index (χ3n) is 1.03. The summed E-state index contributed by atoms with van der Waals surface area (Å²) in [5.41, 5.74) is 0. The molecule has 1 unspecified atom stereocenters. The van der Waals surface area contributed by atoms with Crippen LogP contribution in [0.25, 0.3) is 0 Å². The quantitative estimate of drug-likeness (QED) is 0.339. The van der Waals surface area contributed by atoms with Gasteiger partial charge in [-0.05, 0) is 6.92 Å². The average molecular weight is 160 g/mol. The fourth-order valence-corrected chi connectivity index (χ4v) is 0.591. The molecule has 2 N–H and O–H groups in total. The summed E-state index contributed by atoms with van der Waals surface area (Å²) in [5.74, 6) is -0.557. The number of hydrogen-bond donors (Lipinski definition) is 2. The van der Waals surface area contributed by atoms with Crippen LogP contribution in [-0.4, -0.2) is 28.6 Å². The third kappa shape index (κ3) is 5.57. The van der Waals surface area contributed by atoms with Gasteiger partial charge in [-0.25, -0.2) is 4.79 Å². The van der Waals surface area contributed by atoms with Crippen LogP contribution in [0.2, 0.25) is 0 Å². The molecule has 0 heterocycles. The van der Waals surface area contributed by atoms with Crippen molar-refractivity contribution in [3.05, 3.63) is 12.7 Å². The standard InChI is InChI=1S/C7H12O4/c1-3-7(10)11-5(2)4-6(8)9/h3,5-6,8-9H,1,4H2,2H3. The van der Waals surface area contributed by atoms with Crippen LogP contribution >= 0.6 is 0 Å². The second-order valence-electron chi connectivity index (χ2n) is 2.17. The van der Waals surface area contributed by atoms with E-state index in [1.807, 2.05) is 0 Å². The number of carbonyl (C=O) groups is 1. The van der Waals surface area contributed by atoms with E-state index in [-0.39, 0.29) is 6.42 Å². The Kier molecular flexibility index (Phi) is 4.49. The summed E-state index contributed by atoms with van der Waals surface area (Å²) in [6.45, 7) is 4.76. The van der Waals surface area contributed by atoms with E-state index in [1.165, 1.54) is 0 Å². The molecule has 11 heavy (non-hydrogen) atoms. The van der Waals surface area contributed by atoms with E-state index in [1.54, 1.807) is 6.92 Å². The Bertz CT molecular complexity index is 141. The Morgan fingerprint density at radius 3 is 2.64 bits per heavy atom. The van der Waals surface area contributed by atoms with Crippen LogP contribution in [0, 0.1) is 0 Å². The van der Waals surface area contributed by atoms with Gasteiger partial charge in [0.25, 0.3) is 0 Å². The first-order valence-electron chi connectivity index (χ1n) is 3.25. The number of esters is 1. The van der Waals surface area contributed by atoms with E-state index in [9.17, 15) is 4.79 Å². The first-order chi connectivity index (χ1) is 5.06. The van der Waals surface area contributed by atoms with Crippen LogP contribution < -0.4 is 0 Å². The Morgan fingerprint density at radius 2 is 2.27 bits per heavy atom. The van der Waals surface area contributed by atoms with Crippen LogP contribution in [0.1, 0.15) is 13.3 Å². The molecule has 0 amide bonds. The lowest BCUT2D eigenvalue weighted by Crippen LogP contribution is -2.19. The Labute approximate surface area is 65.1 Å². The predicted octanol–water partition coefficient (Wildman–Crippen LogP) is -0.195. The summed E-state index contributed by atoms with van der Waals surface area (Å²) in [6, 6.07) is 0. The van der Waals surface area contributed by atoms with Crippen LogP contribution in [0.15, 0.2) is 12.7 Å². The largest absolute Gasteiger partial charge is 0.459 e. The normalized spacial score (nSPS) is 12.7. The van der Waals surface area contributed by atoms with Crippen LogP contribution in [0.3, 0.4) is 0 Å². The first-order valence-corrected chi connectivity index (χ1v) is 3.25. The van der Waals surface area contributed by atoms with Gasteiger partial charge in [-0.1, -0.05) is 6.58 Å². The second kappa shape index (κ2) is 4.87. The molecule has 0 radical (unpaired) electrons. The van der Waals surface area contributed by atoms with Gasteiger partial charge in [0, 0.05) is 12.5 Å². The van der Waals surface area contributed by atoms with Crippen LogP contribution in [-0.2, 0) is 9.53 Å². The summed E-state index contributed by atoms with van der Waals surface area (Å²) in [6.07, 6.45) is -0.900. The molecule has 4 heteroatoms. The molecule has 0 saturated carbocycles. The second-order valence-corrected chi connectivity index (χ2v) is 2.17. The SMILES string of the molecule is C=CC(=O)OC(C)CC(O)O. The molecule has 4 nitrogen and oxygen atoms in total. The zero-order chi connectivity index (χ0) is 8.85. The lowest BCUT2D eigenvalue weighted by atomic mass is 10.3. The lowest BCUT2D eigenvalue weighted by molar-refractivity contribution is -0.146. The molecule has 0 bridgehead atoms. The van der Waals surface area contributed by atoms with E-state index in [0.717, 1.165) is 6.08 Å². The van der Waals surface area contributed by atoms with Crippen molar-refractivity contribution >= 4 is 5.97 Å². The highest BCUT2D eigenvalue weighted by Gasteiger charge is 2.09. The van der Waals surface area contributed by atoms with Crippen molar-refractivity contribution in [3.63, 3.8) is 0 Å². The van der Waals surface area contributed by atoms with Gasteiger partial charge in [-0.15, -0.1) is 0 Å². The highest BCUT2D eigenvalue weighted by atomic mass is 16.5. The fraction of sp³-hybridized carbons (Fsp3) is 0.571. The Balaban J connectivity index is 3.59. The number of aliphatic hydroxyl groups is 2. The molecule has 64 valence electrons. The van der Waals surface area contributed by atoms with E-state index in [2.05, 4.69) is 11.3 Å². The highest BCUT2D eigenvalue weighted by molar-refractivity contribution is 5.81. The van der Waals surface area contributed by atoms with Crippen molar-refractivity contribution in [2.45, 2.75) is 25.7 Å². The van der Waals surface area contributed by atoms with Crippen molar-refractivity contribution in [1.29, 1.82) is 0 Å². The fourth-order valence-electron chi connectivity index (χ4n) is 0.591. The van der Waals surface area contributed by atoms with E-state index < -0.39 is 18.4 Å². The summed E-state index contributed by atoms with van der Waals surface area (Å²) in [7, 11) is 0. The molecular weight excluding hydrogens is 148 g/mol. The van der Waals surface area contributed by atoms with Gasteiger partial charge in [0.1, 0.15) is 6.10 Å². The molecule has 0 aliphatic rings. The van der Waals surface area contributed by atoms with Crippen molar-refractivity contribution in [1.82, 2.24) is 0 Å². The molecule has 0 aromatic heterocycles. The number of ether oxygens (including phenoxy) is 1. The molecule has 0 aromatic rings. The zero-order valence-electron chi connectivity index (χ0n) is 6.36. The molecule has 0 saturated heterocycles. The van der Waals surface area contributed by atoms with Gasteiger partial charge in [0.05, 0.1) is 0 Å². The van der Waals surface area contributed by atoms with Crippen LogP contribution in [0.5, 0.6) is 0 Å². The molecule has 0 rings (SSSR count). The molecule has 1 atom stereocenters. The molecule has 0 aliphatic heterocycles. The maximum absolute atomic E-state index is 10.5. The van der Waals surface area contributed by atoms with E-state index >= 15 is 0 Å². The maximum Gasteiger partial charge on any atom is 0.330 e. The molecule has 0 fully saturated rings. The predicted molar refractivity (Wildman–Crippen MR) is 38.6 cm³/mol. The van der Waals surface area contributed by atoms with Gasteiger partial charge in [-0.3, -0.25) is 0 Å². The van der Waals surface area contributed by atoms with Gasteiger partial charge >= 0.3 is 5.97 Å². The minimum atomic E-state index is -1.44. The molecule has 0 spiro atoms. The Hall–Kier alpha value is -0.870. The van der Waals surface area contributed by atoms with Crippen molar-refractivity contribution < 1.29 is 19.7 Å². The number of aliphatic hydroxyl groups excluding tert-OH is 1. The van der Waals surface area contributed by atoms with Crippen molar-refractivity contribution in [2.24, 2.45) is 0 Å². The number of carbonyl (C=O) groups excluding carboxylic acids is 1. The van der Waals surface area contributed by atoms with Gasteiger partial charge in [0.2, 0.25) is 0 Å². The van der Waals surface area contributed by atoms with E-state index in [4.69, 9.17) is 10.2 Å². The first kappa shape index (κ1) is 10.1. The van der Waals surface area contributed by atoms with Gasteiger partial charge < -0.3 is 14.9 Å². The Morgan fingerprint density at radius 1 is 1.73 bits per heavy atom. The smallest absolute Gasteiger partial charge is 0.330 e. The topological polar surface area (TPSA) is 66.8 Å². The molecule has 0 aromatic carbocycles. The summed E-state index contributed by atoms with van der Waals surface area (Å²) in [4.78, 5) is 10.5. The molecular formula is C7H12O4. The summed E-state index contributed by atoms with van der Waals surface area (Å²) < 4.78 is 4.63. The third-order valence-corrected chi connectivity index (χ3v) is 1.03. The maximum atomic E-state index is 10.5. The zero-order valence-corrected chi connectivity index (χ0v) is 6.36. The monoisotopic (exact) mass is 160 g/mol. The van der Waals surface area contributed by atoms with E-state index in [0.29, 0.717) is 0 Å². The minimum Gasteiger partial charge on any atom is -0.459 e. The minimum absolute atomic E-state index is 0.0135. The lowest BCUT2D eigenvalue weighted by Gasteiger charge is -2.12. The molecule has 0 aliphatic carbocycles. The number of rotatable bonds is 4. The summed E-state index contributed by atoms with van der Waals surface area (Å²) in [5, 5.41) is 16.9. The van der Waals surface area contributed by atoms with Gasteiger partial charge in [-0.2, -0.15) is 0 Å².